The Morgan fingerprint density at radius 2 is 1.94 bits per heavy atom. The fourth-order valence-electron chi connectivity index (χ4n) is 1.68. The normalized spacial score (nSPS) is 12.8. The fourth-order valence-corrected chi connectivity index (χ4v) is 1.93. The Morgan fingerprint density at radius 1 is 1.19 bits per heavy atom. The van der Waals surface area contributed by atoms with Crippen molar-refractivity contribution in [3.63, 3.8) is 0 Å². The van der Waals surface area contributed by atoms with Crippen LogP contribution in [0.15, 0.2) is 42.5 Å². The number of benzene rings is 1. The molecule has 1 aromatic rings. The molecule has 0 atom stereocenters. The average molecular weight is 290 g/mol. The molecule has 0 saturated carbocycles. The van der Waals surface area contributed by atoms with E-state index >= 15 is 0 Å². The van der Waals surface area contributed by atoms with Crippen LogP contribution in [0.2, 0.25) is 0 Å². The van der Waals surface area contributed by atoms with Gasteiger partial charge in [0.2, 0.25) is 0 Å². The van der Waals surface area contributed by atoms with Crippen molar-refractivity contribution in [1.29, 1.82) is 0 Å². The van der Waals surface area contributed by atoms with E-state index in [0.717, 1.165) is 6.42 Å². The third-order valence-corrected chi connectivity index (χ3v) is 2.59. The SMILES string of the molecule is [Cl-].[Cl-].[Ti+2][O]Cc1ccccc1C1=CC=CC1. The molecule has 4 heteroatoms. The first-order valence-corrected chi connectivity index (χ1v) is 5.28. The van der Waals surface area contributed by atoms with Gasteiger partial charge in [0, 0.05) is 0 Å². The van der Waals surface area contributed by atoms with Gasteiger partial charge in [0.05, 0.1) is 0 Å². The number of hydrogen-bond acceptors (Lipinski definition) is 1. The summed E-state index contributed by atoms with van der Waals surface area (Å²) in [6.45, 7) is 0.688. The van der Waals surface area contributed by atoms with Crippen LogP contribution in [0.1, 0.15) is 17.5 Å². The Hall–Kier alpha value is -0.0457. The monoisotopic (exact) mass is 289 g/mol. The fraction of sp³-hybridized carbons (Fsp3) is 0.167. The second-order valence-electron chi connectivity index (χ2n) is 3.27. The summed E-state index contributed by atoms with van der Waals surface area (Å²) in [5.41, 5.74) is 3.97. The molecule has 0 amide bonds. The van der Waals surface area contributed by atoms with Crippen molar-refractivity contribution in [1.82, 2.24) is 0 Å². The van der Waals surface area contributed by atoms with Crippen molar-refractivity contribution < 1.29 is 49.0 Å². The van der Waals surface area contributed by atoms with Gasteiger partial charge in [-0.1, -0.05) is 0 Å². The predicted molar refractivity (Wildman–Crippen MR) is 53.0 cm³/mol. The topological polar surface area (TPSA) is 9.23 Å². The molecule has 1 nitrogen and oxygen atoms in total. The van der Waals surface area contributed by atoms with E-state index in [1.54, 1.807) is 20.8 Å². The summed E-state index contributed by atoms with van der Waals surface area (Å²) >= 11 is 1.73. The van der Waals surface area contributed by atoms with Gasteiger partial charge in [-0.05, 0) is 0 Å². The van der Waals surface area contributed by atoms with Crippen molar-refractivity contribution in [2.24, 2.45) is 0 Å². The minimum atomic E-state index is 0. The molecule has 0 unspecified atom stereocenters. The van der Waals surface area contributed by atoms with Gasteiger partial charge in [-0.25, -0.2) is 0 Å². The van der Waals surface area contributed by atoms with Crippen molar-refractivity contribution >= 4 is 5.57 Å². The van der Waals surface area contributed by atoms with E-state index in [1.807, 2.05) is 0 Å². The second kappa shape index (κ2) is 8.11. The molecule has 1 aromatic carbocycles. The molecule has 0 spiro atoms. The molecule has 0 N–H and O–H groups in total. The third-order valence-electron chi connectivity index (χ3n) is 2.36. The van der Waals surface area contributed by atoms with Crippen molar-refractivity contribution in [3.8, 4) is 0 Å². The van der Waals surface area contributed by atoms with E-state index in [-0.39, 0.29) is 24.8 Å². The van der Waals surface area contributed by atoms with Crippen LogP contribution in [0.4, 0.5) is 0 Å². The molecule has 16 heavy (non-hydrogen) atoms. The maximum absolute atomic E-state index is 5.18. The summed E-state index contributed by atoms with van der Waals surface area (Å²) in [6, 6.07) is 8.42. The molecular formula is C12H11Cl2OTi. The van der Waals surface area contributed by atoms with Crippen LogP contribution in [0.3, 0.4) is 0 Å². The standard InChI is InChI=1S/C12H11O.2ClH.Ti/c13-9-11-7-3-4-8-12(11)10-5-1-2-6-10;;;/h1-5,7-8H,6,9H2;2*1H;/q-1;;;+3/p-2. The Morgan fingerprint density at radius 3 is 2.56 bits per heavy atom. The first kappa shape index (κ1) is 16.0. The van der Waals surface area contributed by atoms with Crippen molar-refractivity contribution in [2.75, 3.05) is 0 Å². The van der Waals surface area contributed by atoms with Gasteiger partial charge < -0.3 is 24.8 Å². The molecule has 2 rings (SSSR count). The Labute approximate surface area is 121 Å². The number of allylic oxidation sites excluding steroid dienone is 4. The van der Waals surface area contributed by atoms with Crippen molar-refractivity contribution in [3.05, 3.63) is 53.6 Å². The predicted octanol–water partition coefficient (Wildman–Crippen LogP) is -2.98. The summed E-state index contributed by atoms with van der Waals surface area (Å²) in [7, 11) is 0. The quantitative estimate of drug-likeness (QED) is 0.540. The summed E-state index contributed by atoms with van der Waals surface area (Å²) in [4.78, 5) is 0. The summed E-state index contributed by atoms with van der Waals surface area (Å²) in [6.07, 6.45) is 7.51. The molecule has 0 aliphatic heterocycles. The summed E-state index contributed by atoms with van der Waals surface area (Å²) in [5.74, 6) is 0. The van der Waals surface area contributed by atoms with Gasteiger partial charge >= 0.3 is 96.4 Å². The molecule has 83 valence electrons. The third kappa shape index (κ3) is 3.76. The maximum atomic E-state index is 5.18. The van der Waals surface area contributed by atoms with Crippen LogP contribution in [0.5, 0.6) is 0 Å². The molecule has 0 bridgehead atoms. The molecule has 0 radical (unpaired) electrons. The zero-order chi connectivity index (χ0) is 9.80. The number of hydrogen-bond donors (Lipinski definition) is 0. The molecule has 1 aliphatic rings. The summed E-state index contributed by atoms with van der Waals surface area (Å²) in [5, 5.41) is 0. The number of rotatable bonds is 3. The summed E-state index contributed by atoms with van der Waals surface area (Å²) < 4.78 is 5.18. The molecule has 0 fully saturated rings. The van der Waals surface area contributed by atoms with Gasteiger partial charge in [0.15, 0.2) is 0 Å². The van der Waals surface area contributed by atoms with Crippen LogP contribution >= 0.6 is 0 Å². The molecular weight excluding hydrogens is 279 g/mol. The van der Waals surface area contributed by atoms with Gasteiger partial charge in [0.25, 0.3) is 0 Å². The van der Waals surface area contributed by atoms with Gasteiger partial charge in [-0.2, -0.15) is 0 Å². The van der Waals surface area contributed by atoms with Gasteiger partial charge in [0.1, 0.15) is 0 Å². The Bertz CT molecular complexity index is 388. The van der Waals surface area contributed by atoms with Crippen molar-refractivity contribution in [2.45, 2.75) is 13.0 Å². The van der Waals surface area contributed by atoms with E-state index in [0.29, 0.717) is 6.61 Å². The van der Waals surface area contributed by atoms with Crippen LogP contribution in [0, 0.1) is 0 Å². The minimum absolute atomic E-state index is 0. The molecule has 1 aliphatic carbocycles. The Kier molecular flexibility index (Phi) is 8.08. The van der Waals surface area contributed by atoms with Gasteiger partial charge in [-0.3, -0.25) is 0 Å². The zero-order valence-corrected chi connectivity index (χ0v) is 11.7. The Balaban J connectivity index is 0.00000112. The van der Waals surface area contributed by atoms with Gasteiger partial charge in [-0.15, -0.1) is 0 Å². The molecule has 0 saturated heterocycles. The number of halogens is 2. The van der Waals surface area contributed by atoms with E-state index < -0.39 is 0 Å². The van der Waals surface area contributed by atoms with Crippen LogP contribution < -0.4 is 24.8 Å². The van der Waals surface area contributed by atoms with Crippen LogP contribution in [-0.4, -0.2) is 0 Å². The average Bonchev–Trinajstić information content (AvgIpc) is 2.72. The van der Waals surface area contributed by atoms with E-state index in [9.17, 15) is 0 Å². The molecule has 0 heterocycles. The van der Waals surface area contributed by atoms with E-state index in [1.165, 1.54) is 16.7 Å². The van der Waals surface area contributed by atoms with E-state index in [2.05, 4.69) is 42.5 Å². The zero-order valence-electron chi connectivity index (χ0n) is 8.62. The first-order chi connectivity index (χ1) is 6.92. The van der Waals surface area contributed by atoms with Crippen LogP contribution in [0.25, 0.3) is 5.57 Å². The first-order valence-electron chi connectivity index (χ1n) is 4.64. The van der Waals surface area contributed by atoms with Crippen LogP contribution in [-0.2, 0) is 30.7 Å². The second-order valence-corrected chi connectivity index (χ2v) is 3.72. The van der Waals surface area contributed by atoms with E-state index in [4.69, 9.17) is 3.32 Å². The molecule has 0 aromatic heterocycles.